The van der Waals surface area contributed by atoms with Crippen molar-refractivity contribution in [3.63, 3.8) is 0 Å². The van der Waals surface area contributed by atoms with E-state index in [-0.39, 0.29) is 23.8 Å². The average Bonchev–Trinajstić information content (AvgIpc) is 3.20. The Morgan fingerprint density at radius 1 is 1.18 bits per heavy atom. The SMILES string of the molecule is CCOC(=O)c1ccc(NC(=O)C[C@@]23CSc4[nH]c(=O)sc4[C@@H]2c2ccccc2OC3=O)cc1. The zero-order valence-electron chi connectivity index (χ0n) is 18.1. The van der Waals surface area contributed by atoms with Gasteiger partial charge in [0.1, 0.15) is 5.75 Å². The minimum atomic E-state index is -1.16. The van der Waals surface area contributed by atoms with E-state index in [1.807, 2.05) is 12.1 Å². The molecule has 2 aliphatic heterocycles. The van der Waals surface area contributed by atoms with Gasteiger partial charge in [-0.25, -0.2) is 4.79 Å². The number of ether oxygens (including phenoxy) is 2. The lowest BCUT2D eigenvalue weighted by Crippen LogP contribution is -2.49. The van der Waals surface area contributed by atoms with E-state index in [0.29, 0.717) is 22.8 Å². The summed E-state index contributed by atoms with van der Waals surface area (Å²) in [6.45, 7) is 2.00. The minimum absolute atomic E-state index is 0.122. The van der Waals surface area contributed by atoms with Gasteiger partial charge in [0.25, 0.3) is 0 Å². The van der Waals surface area contributed by atoms with Crippen LogP contribution in [0.15, 0.2) is 58.4 Å². The maximum absolute atomic E-state index is 13.3. The molecule has 174 valence electrons. The van der Waals surface area contributed by atoms with Crippen molar-refractivity contribution in [3.05, 3.63) is 74.2 Å². The Balaban J connectivity index is 1.45. The molecule has 3 aromatic rings. The number of aromatic nitrogens is 1. The number of hydrogen-bond donors (Lipinski definition) is 2. The lowest BCUT2D eigenvalue weighted by molar-refractivity contribution is -0.149. The van der Waals surface area contributed by atoms with Gasteiger partial charge in [-0.05, 0) is 37.3 Å². The van der Waals surface area contributed by atoms with Gasteiger partial charge >= 0.3 is 16.8 Å². The first-order valence-corrected chi connectivity index (χ1v) is 12.5. The molecular formula is C24H20N2O6S2. The van der Waals surface area contributed by atoms with E-state index in [9.17, 15) is 19.2 Å². The second kappa shape index (κ2) is 8.77. The highest BCUT2D eigenvalue weighted by molar-refractivity contribution is 7.99. The fourth-order valence-corrected chi connectivity index (χ4v) is 6.96. The van der Waals surface area contributed by atoms with Crippen LogP contribution in [0.1, 0.15) is 40.1 Å². The molecule has 2 aromatic carbocycles. The summed E-state index contributed by atoms with van der Waals surface area (Å²) in [7, 11) is 0. The molecule has 0 fully saturated rings. The molecule has 0 spiro atoms. The molecule has 1 aromatic heterocycles. The van der Waals surface area contributed by atoms with Crippen molar-refractivity contribution in [2.45, 2.75) is 24.3 Å². The van der Waals surface area contributed by atoms with Crippen molar-refractivity contribution < 1.29 is 23.9 Å². The smallest absolute Gasteiger partial charge is 0.338 e. The molecule has 34 heavy (non-hydrogen) atoms. The third-order valence-corrected chi connectivity index (χ3v) is 8.27. The Labute approximate surface area is 202 Å². The second-order valence-corrected chi connectivity index (χ2v) is 10.0. The summed E-state index contributed by atoms with van der Waals surface area (Å²) in [5.41, 5.74) is 0.493. The van der Waals surface area contributed by atoms with E-state index in [1.54, 1.807) is 43.3 Å². The van der Waals surface area contributed by atoms with E-state index in [2.05, 4.69) is 10.3 Å². The van der Waals surface area contributed by atoms with Crippen LogP contribution in [0.3, 0.4) is 0 Å². The fourth-order valence-electron chi connectivity index (χ4n) is 4.41. The maximum Gasteiger partial charge on any atom is 0.338 e. The molecule has 0 saturated heterocycles. The van der Waals surface area contributed by atoms with Gasteiger partial charge in [-0.15, -0.1) is 11.8 Å². The number of thioether (sulfide) groups is 1. The summed E-state index contributed by atoms with van der Waals surface area (Å²) in [5, 5.41) is 3.55. The maximum atomic E-state index is 13.3. The van der Waals surface area contributed by atoms with E-state index < -0.39 is 23.3 Å². The predicted molar refractivity (Wildman–Crippen MR) is 128 cm³/mol. The quantitative estimate of drug-likeness (QED) is 0.408. The van der Waals surface area contributed by atoms with Gasteiger partial charge in [0.2, 0.25) is 5.91 Å². The van der Waals surface area contributed by atoms with Crippen molar-refractivity contribution in [1.29, 1.82) is 0 Å². The Hall–Kier alpha value is -3.37. The lowest BCUT2D eigenvalue weighted by Gasteiger charge is -2.44. The van der Waals surface area contributed by atoms with Crippen LogP contribution in [0.25, 0.3) is 0 Å². The average molecular weight is 497 g/mol. The Morgan fingerprint density at radius 3 is 2.71 bits per heavy atom. The molecule has 0 unspecified atom stereocenters. The number of amides is 1. The molecule has 8 nitrogen and oxygen atoms in total. The van der Waals surface area contributed by atoms with Crippen LogP contribution < -0.4 is 14.9 Å². The number of carbonyl (C=O) groups excluding carboxylic acids is 3. The number of fused-ring (bicyclic) bond motifs is 5. The van der Waals surface area contributed by atoms with Crippen LogP contribution in [0.5, 0.6) is 5.75 Å². The summed E-state index contributed by atoms with van der Waals surface area (Å²) in [6.07, 6.45) is -0.122. The van der Waals surface area contributed by atoms with Gasteiger partial charge in [-0.1, -0.05) is 29.5 Å². The first-order valence-electron chi connectivity index (χ1n) is 10.7. The van der Waals surface area contributed by atoms with E-state index in [0.717, 1.165) is 26.8 Å². The zero-order valence-corrected chi connectivity index (χ0v) is 19.7. The summed E-state index contributed by atoms with van der Waals surface area (Å²) in [5.74, 6) is -1.02. The first-order chi connectivity index (χ1) is 16.4. The van der Waals surface area contributed by atoms with Crippen molar-refractivity contribution in [1.82, 2.24) is 4.98 Å². The number of aromatic amines is 1. The third-order valence-electron chi connectivity index (χ3n) is 5.93. The normalized spacial score (nSPS) is 20.4. The highest BCUT2D eigenvalue weighted by atomic mass is 32.2. The Kier molecular flexibility index (Phi) is 5.78. The molecular weight excluding hydrogens is 476 g/mol. The third kappa shape index (κ3) is 3.82. The number of esters is 2. The molecule has 3 heterocycles. The highest BCUT2D eigenvalue weighted by Crippen LogP contribution is 2.58. The number of anilines is 1. The van der Waals surface area contributed by atoms with Crippen molar-refractivity contribution >= 4 is 46.6 Å². The van der Waals surface area contributed by atoms with Gasteiger partial charge < -0.3 is 19.8 Å². The molecule has 0 aliphatic carbocycles. The monoisotopic (exact) mass is 496 g/mol. The number of para-hydroxylation sites is 1. The van der Waals surface area contributed by atoms with E-state index in [4.69, 9.17) is 9.47 Å². The summed E-state index contributed by atoms with van der Waals surface area (Å²) in [6, 6.07) is 13.6. The molecule has 2 atom stereocenters. The number of H-pyrrole nitrogens is 1. The molecule has 2 N–H and O–H groups in total. The van der Waals surface area contributed by atoms with Crippen molar-refractivity contribution in [3.8, 4) is 5.75 Å². The van der Waals surface area contributed by atoms with Gasteiger partial charge in [0.05, 0.1) is 22.6 Å². The molecule has 10 heteroatoms. The van der Waals surface area contributed by atoms with Crippen LogP contribution >= 0.6 is 23.1 Å². The molecule has 1 amide bonds. The highest BCUT2D eigenvalue weighted by Gasteiger charge is 2.57. The fraction of sp³-hybridized carbons (Fsp3) is 0.250. The number of nitrogens with one attached hydrogen (secondary N) is 2. The van der Waals surface area contributed by atoms with Crippen LogP contribution in [0.4, 0.5) is 5.69 Å². The number of benzene rings is 2. The van der Waals surface area contributed by atoms with Gasteiger partial charge in [-0.3, -0.25) is 14.4 Å². The van der Waals surface area contributed by atoms with Crippen molar-refractivity contribution in [2.24, 2.45) is 5.41 Å². The van der Waals surface area contributed by atoms with Gasteiger partial charge in [-0.2, -0.15) is 0 Å². The summed E-state index contributed by atoms with van der Waals surface area (Å²) in [4.78, 5) is 53.9. The lowest BCUT2D eigenvalue weighted by atomic mass is 9.68. The largest absolute Gasteiger partial charge is 0.462 e. The van der Waals surface area contributed by atoms with E-state index in [1.165, 1.54) is 11.8 Å². The Bertz CT molecular complexity index is 1350. The zero-order chi connectivity index (χ0) is 23.9. The van der Waals surface area contributed by atoms with Crippen LogP contribution in [-0.2, 0) is 14.3 Å². The van der Waals surface area contributed by atoms with Gasteiger partial charge in [0.15, 0.2) is 0 Å². The summed E-state index contributed by atoms with van der Waals surface area (Å²) >= 11 is 2.42. The molecule has 0 bridgehead atoms. The molecule has 5 rings (SSSR count). The first kappa shape index (κ1) is 22.4. The molecule has 0 saturated carbocycles. The number of rotatable bonds is 5. The topological polar surface area (TPSA) is 115 Å². The predicted octanol–water partition coefficient (Wildman–Crippen LogP) is 3.78. The standard InChI is InChI=1S/C24H20N2O6S2/c1-2-31-21(28)13-7-9-14(10-8-13)25-17(27)11-24-12-33-20-19(34-23(30)26-20)18(24)15-5-3-4-6-16(15)32-22(24)29/h3-10,18H,2,11-12H2,1H3,(H,25,27)(H,26,30)/t18-,24+/m0/s1. The number of hydrogen-bond acceptors (Lipinski definition) is 8. The summed E-state index contributed by atoms with van der Waals surface area (Å²) < 4.78 is 10.7. The van der Waals surface area contributed by atoms with Crippen molar-refractivity contribution in [2.75, 3.05) is 17.7 Å². The minimum Gasteiger partial charge on any atom is -0.462 e. The van der Waals surface area contributed by atoms with Gasteiger partial charge in [0, 0.05) is 34.2 Å². The molecule has 0 radical (unpaired) electrons. The van der Waals surface area contributed by atoms with Crippen LogP contribution in [-0.4, -0.2) is 35.2 Å². The molecule has 2 aliphatic rings. The Morgan fingerprint density at radius 2 is 1.94 bits per heavy atom. The van der Waals surface area contributed by atoms with Crippen LogP contribution in [0, 0.1) is 5.41 Å². The number of thiazole rings is 1. The number of carbonyl (C=O) groups is 3. The van der Waals surface area contributed by atoms with E-state index >= 15 is 0 Å². The second-order valence-electron chi connectivity index (χ2n) is 8.04. The van der Waals surface area contributed by atoms with Crippen LogP contribution in [0.2, 0.25) is 0 Å².